The van der Waals surface area contributed by atoms with Crippen LogP contribution in [0.5, 0.6) is 0 Å². The topological polar surface area (TPSA) is 3.24 Å². The summed E-state index contributed by atoms with van der Waals surface area (Å²) in [6, 6.07) is 25.5. The Morgan fingerprint density at radius 1 is 0.600 bits per heavy atom. The Kier molecular flexibility index (Phi) is 6.89. The van der Waals surface area contributed by atoms with Crippen LogP contribution in [-0.2, 0) is 38.8 Å². The summed E-state index contributed by atoms with van der Waals surface area (Å²) in [6.07, 6.45) is 8.49. The second-order valence-electron chi connectivity index (χ2n) is 8.75. The number of rotatable bonds is 9. The Morgan fingerprint density at radius 3 is 1.80 bits per heavy atom. The number of aryl methyl sites for hydroxylation is 4. The summed E-state index contributed by atoms with van der Waals surface area (Å²) >= 11 is 0. The molecule has 0 atom stereocenters. The number of nitrogens with zero attached hydrogens (tertiary/aromatic N) is 1. The van der Waals surface area contributed by atoms with E-state index >= 15 is 0 Å². The van der Waals surface area contributed by atoms with Crippen LogP contribution in [0.4, 0.5) is 5.69 Å². The highest BCUT2D eigenvalue weighted by molar-refractivity contribution is 5.53. The Bertz CT molecular complexity index is 937. The van der Waals surface area contributed by atoms with Gasteiger partial charge in [-0.2, -0.15) is 0 Å². The first kappa shape index (κ1) is 20.7. The molecule has 0 radical (unpaired) electrons. The second kappa shape index (κ2) is 9.98. The normalized spacial score (nSPS) is 12.9. The zero-order chi connectivity index (χ0) is 20.8. The smallest absolute Gasteiger partial charge is 0.0436 e. The highest BCUT2D eigenvalue weighted by atomic mass is 15.1. The summed E-state index contributed by atoms with van der Waals surface area (Å²) in [6.45, 7) is 6.56. The molecule has 0 bridgehead atoms. The van der Waals surface area contributed by atoms with Crippen LogP contribution in [0.25, 0.3) is 0 Å². The molecule has 0 amide bonds. The minimum absolute atomic E-state index is 1.03. The molecule has 0 aliphatic carbocycles. The lowest BCUT2D eigenvalue weighted by Gasteiger charge is -2.18. The standard InChI is InChI=1S/C29H35N/c1-3-5-6-7-24-8-10-25(11-9-24)12-13-26-15-18-29(19-16-26)30-21-27-17-14-23(4-2)20-28(27)22-30/h8-11,14-20H,3-7,12-13,21-22H2,1-2H3. The Hall–Kier alpha value is -2.54. The van der Waals surface area contributed by atoms with Crippen molar-refractivity contribution in [1.29, 1.82) is 0 Å². The number of anilines is 1. The van der Waals surface area contributed by atoms with Gasteiger partial charge in [0.25, 0.3) is 0 Å². The fraction of sp³-hybridized carbons (Fsp3) is 0.379. The summed E-state index contributed by atoms with van der Waals surface area (Å²) in [5.74, 6) is 0. The van der Waals surface area contributed by atoms with Gasteiger partial charge in [0, 0.05) is 18.8 Å². The van der Waals surface area contributed by atoms with E-state index in [9.17, 15) is 0 Å². The van der Waals surface area contributed by atoms with Gasteiger partial charge in [-0.05, 0) is 77.6 Å². The van der Waals surface area contributed by atoms with Crippen LogP contribution in [0.15, 0.2) is 66.7 Å². The molecule has 30 heavy (non-hydrogen) atoms. The minimum atomic E-state index is 1.03. The second-order valence-corrected chi connectivity index (χ2v) is 8.75. The number of hydrogen-bond acceptors (Lipinski definition) is 1. The molecule has 0 saturated heterocycles. The van der Waals surface area contributed by atoms with Gasteiger partial charge in [-0.15, -0.1) is 0 Å². The molecule has 1 aliphatic heterocycles. The van der Waals surface area contributed by atoms with Crippen LogP contribution in [0.1, 0.15) is 66.5 Å². The van der Waals surface area contributed by atoms with E-state index in [1.165, 1.54) is 64.8 Å². The van der Waals surface area contributed by atoms with Crippen molar-refractivity contribution in [3.8, 4) is 0 Å². The van der Waals surface area contributed by atoms with Gasteiger partial charge in [0.1, 0.15) is 0 Å². The first-order chi connectivity index (χ1) is 14.7. The van der Waals surface area contributed by atoms with Gasteiger partial charge >= 0.3 is 0 Å². The molecular weight excluding hydrogens is 362 g/mol. The average Bonchev–Trinajstić information content (AvgIpc) is 3.22. The predicted molar refractivity (Wildman–Crippen MR) is 129 cm³/mol. The number of unbranched alkanes of at least 4 members (excludes halogenated alkanes) is 2. The van der Waals surface area contributed by atoms with Crippen LogP contribution >= 0.6 is 0 Å². The third-order valence-corrected chi connectivity index (χ3v) is 6.50. The molecule has 0 N–H and O–H groups in total. The molecule has 4 rings (SSSR count). The summed E-state index contributed by atoms with van der Waals surface area (Å²) in [4.78, 5) is 2.49. The van der Waals surface area contributed by atoms with Crippen molar-refractivity contribution < 1.29 is 0 Å². The fourth-order valence-corrected chi connectivity index (χ4v) is 4.46. The molecule has 0 unspecified atom stereocenters. The summed E-state index contributed by atoms with van der Waals surface area (Å²) in [5, 5.41) is 0. The molecule has 0 saturated carbocycles. The lowest BCUT2D eigenvalue weighted by atomic mass is 10.0. The monoisotopic (exact) mass is 397 g/mol. The minimum Gasteiger partial charge on any atom is -0.363 e. The molecule has 3 aromatic carbocycles. The highest BCUT2D eigenvalue weighted by Crippen LogP contribution is 2.29. The SMILES string of the molecule is CCCCCc1ccc(CCc2ccc(N3Cc4ccc(CC)cc4C3)cc2)cc1. The van der Waals surface area contributed by atoms with Gasteiger partial charge in [-0.25, -0.2) is 0 Å². The average molecular weight is 398 g/mol. The maximum atomic E-state index is 2.49. The van der Waals surface area contributed by atoms with Crippen LogP contribution < -0.4 is 4.90 Å². The van der Waals surface area contributed by atoms with Gasteiger partial charge in [0.2, 0.25) is 0 Å². The van der Waals surface area contributed by atoms with E-state index in [1.807, 2.05) is 0 Å². The summed E-state index contributed by atoms with van der Waals surface area (Å²) in [7, 11) is 0. The van der Waals surface area contributed by atoms with Gasteiger partial charge in [-0.3, -0.25) is 0 Å². The molecule has 1 heteroatoms. The lowest BCUT2D eigenvalue weighted by Crippen LogP contribution is -2.14. The Balaban J connectivity index is 1.30. The van der Waals surface area contributed by atoms with E-state index in [0.29, 0.717) is 0 Å². The van der Waals surface area contributed by atoms with Crippen molar-refractivity contribution in [3.05, 3.63) is 100 Å². The van der Waals surface area contributed by atoms with Crippen molar-refractivity contribution in [1.82, 2.24) is 0 Å². The number of fused-ring (bicyclic) bond motifs is 1. The third kappa shape index (κ3) is 5.14. The Morgan fingerprint density at radius 2 is 1.17 bits per heavy atom. The molecule has 0 aromatic heterocycles. The number of hydrogen-bond donors (Lipinski definition) is 0. The lowest BCUT2D eigenvalue weighted by molar-refractivity contribution is 0.717. The van der Waals surface area contributed by atoms with E-state index in [2.05, 4.69) is 85.5 Å². The van der Waals surface area contributed by atoms with E-state index in [-0.39, 0.29) is 0 Å². The van der Waals surface area contributed by atoms with Crippen molar-refractivity contribution >= 4 is 5.69 Å². The first-order valence-corrected chi connectivity index (χ1v) is 11.8. The zero-order valence-corrected chi connectivity index (χ0v) is 18.7. The van der Waals surface area contributed by atoms with E-state index in [0.717, 1.165) is 32.4 Å². The van der Waals surface area contributed by atoms with Crippen LogP contribution in [0, 0.1) is 0 Å². The van der Waals surface area contributed by atoms with Gasteiger partial charge in [0.15, 0.2) is 0 Å². The van der Waals surface area contributed by atoms with E-state index < -0.39 is 0 Å². The molecule has 1 heterocycles. The summed E-state index contributed by atoms with van der Waals surface area (Å²) < 4.78 is 0. The molecular formula is C29H35N. The Labute approximate surface area is 182 Å². The van der Waals surface area contributed by atoms with Crippen LogP contribution in [0.2, 0.25) is 0 Å². The number of benzene rings is 3. The van der Waals surface area contributed by atoms with Crippen molar-refractivity contribution in [2.75, 3.05) is 4.90 Å². The van der Waals surface area contributed by atoms with Gasteiger partial charge < -0.3 is 4.90 Å². The molecule has 1 nitrogen and oxygen atoms in total. The van der Waals surface area contributed by atoms with Crippen LogP contribution in [0.3, 0.4) is 0 Å². The molecule has 3 aromatic rings. The van der Waals surface area contributed by atoms with Gasteiger partial charge in [0.05, 0.1) is 0 Å². The molecule has 1 aliphatic rings. The summed E-state index contributed by atoms with van der Waals surface area (Å²) in [5.41, 5.74) is 10.1. The maximum Gasteiger partial charge on any atom is 0.0436 e. The zero-order valence-electron chi connectivity index (χ0n) is 18.7. The van der Waals surface area contributed by atoms with Crippen molar-refractivity contribution in [2.24, 2.45) is 0 Å². The highest BCUT2D eigenvalue weighted by Gasteiger charge is 2.19. The molecule has 156 valence electrons. The molecule has 0 spiro atoms. The van der Waals surface area contributed by atoms with Gasteiger partial charge in [-0.1, -0.05) is 81.3 Å². The fourth-order valence-electron chi connectivity index (χ4n) is 4.46. The van der Waals surface area contributed by atoms with E-state index in [4.69, 9.17) is 0 Å². The maximum absolute atomic E-state index is 2.49. The van der Waals surface area contributed by atoms with Crippen LogP contribution in [-0.4, -0.2) is 0 Å². The first-order valence-electron chi connectivity index (χ1n) is 11.8. The quantitative estimate of drug-likeness (QED) is 0.343. The van der Waals surface area contributed by atoms with Crippen molar-refractivity contribution in [3.63, 3.8) is 0 Å². The van der Waals surface area contributed by atoms with Crippen molar-refractivity contribution in [2.45, 2.75) is 71.9 Å². The predicted octanol–water partition coefficient (Wildman–Crippen LogP) is 7.29. The van der Waals surface area contributed by atoms with E-state index in [1.54, 1.807) is 0 Å². The molecule has 0 fully saturated rings. The largest absolute Gasteiger partial charge is 0.363 e. The third-order valence-electron chi connectivity index (χ3n) is 6.50.